The van der Waals surface area contributed by atoms with Crippen LogP contribution < -0.4 is 0 Å². The smallest absolute Gasteiger partial charge is 0.00731 e. The van der Waals surface area contributed by atoms with Gasteiger partial charge in [0.25, 0.3) is 0 Å². The van der Waals surface area contributed by atoms with Gasteiger partial charge in [0.2, 0.25) is 0 Å². The van der Waals surface area contributed by atoms with E-state index in [-0.39, 0.29) is 27.1 Å². The number of hydrogen-bond acceptors (Lipinski definition) is 1. The number of hydrogen-bond donors (Lipinski definition) is 1. The van der Waals surface area contributed by atoms with Crippen molar-refractivity contribution in [2.24, 2.45) is 0 Å². The van der Waals surface area contributed by atoms with Crippen LogP contribution in [0, 0.1) is 0 Å². The third-order valence-corrected chi connectivity index (χ3v) is 2.62. The van der Waals surface area contributed by atoms with Gasteiger partial charge in [0.1, 0.15) is 0 Å². The first-order valence-corrected chi connectivity index (χ1v) is 6.23. The van der Waals surface area contributed by atoms with E-state index in [4.69, 9.17) is 0 Å². The minimum Gasteiger partial charge on any atom is -0.173 e. The van der Waals surface area contributed by atoms with Crippen LogP contribution in [0.2, 0.25) is 0 Å². The molecule has 0 saturated carbocycles. The average molecular weight is 310 g/mol. The van der Waals surface area contributed by atoms with Crippen molar-refractivity contribution in [3.8, 4) is 0 Å². The van der Waals surface area contributed by atoms with Gasteiger partial charge in [0, 0.05) is 27.1 Å². The zero-order valence-corrected chi connectivity index (χ0v) is 12.3. The Bertz CT molecular complexity index is 107. The molecule has 0 heterocycles. The molecule has 0 aliphatic carbocycles. The van der Waals surface area contributed by atoms with Crippen molar-refractivity contribution in [3.05, 3.63) is 0 Å². The van der Waals surface area contributed by atoms with Crippen molar-refractivity contribution >= 4 is 12.6 Å². The molecule has 0 aromatic rings. The summed E-state index contributed by atoms with van der Waals surface area (Å²) >= 11 is 4.51. The third-order valence-electron chi connectivity index (χ3n) is 2.39. The van der Waals surface area contributed by atoms with Crippen LogP contribution in [0.4, 0.5) is 0 Å². The molecule has 0 saturated heterocycles. The number of thiol groups is 1. The fraction of sp³-hybridized carbons (Fsp3) is 1.00. The van der Waals surface area contributed by atoms with Gasteiger partial charge < -0.3 is 0 Å². The van der Waals surface area contributed by atoms with E-state index in [1.807, 2.05) is 0 Å². The quantitative estimate of drug-likeness (QED) is 0.370. The van der Waals surface area contributed by atoms with Crippen molar-refractivity contribution in [1.82, 2.24) is 0 Å². The van der Waals surface area contributed by atoms with Gasteiger partial charge >= 0.3 is 0 Å². The van der Waals surface area contributed by atoms with Gasteiger partial charge in [-0.2, -0.15) is 12.6 Å². The maximum Gasteiger partial charge on any atom is 0.00731 e. The minimum absolute atomic E-state index is 0. The van der Waals surface area contributed by atoms with E-state index in [1.54, 1.807) is 0 Å². The second-order valence-corrected chi connectivity index (χ2v) is 5.89. The second kappa shape index (κ2) is 10.6. The van der Waals surface area contributed by atoms with E-state index in [0.717, 1.165) is 0 Å². The van der Waals surface area contributed by atoms with Gasteiger partial charge in [-0.15, -0.1) is 0 Å². The zero-order valence-electron chi connectivity index (χ0n) is 9.91. The molecule has 0 spiro atoms. The summed E-state index contributed by atoms with van der Waals surface area (Å²) in [5.74, 6) is 0. The normalized spacial score (nSPS) is 11.1. The third kappa shape index (κ3) is 15.6. The van der Waals surface area contributed by atoms with Crippen molar-refractivity contribution in [1.29, 1.82) is 0 Å². The van der Waals surface area contributed by atoms with E-state index in [2.05, 4.69) is 33.4 Å². The Labute approximate surface area is 112 Å². The Kier molecular flexibility index (Phi) is 13.2. The molecular formula is C12H26AgS. The van der Waals surface area contributed by atoms with Crippen LogP contribution in [-0.4, -0.2) is 4.75 Å². The molecule has 0 amide bonds. The van der Waals surface area contributed by atoms with Crippen LogP contribution in [0.25, 0.3) is 0 Å². The Morgan fingerprint density at radius 2 is 1.29 bits per heavy atom. The molecule has 14 heavy (non-hydrogen) atoms. The fourth-order valence-electron chi connectivity index (χ4n) is 1.51. The van der Waals surface area contributed by atoms with Crippen LogP contribution in [0.1, 0.15) is 72.1 Å². The first-order chi connectivity index (χ1) is 6.06. The molecule has 0 rings (SSSR count). The molecule has 0 unspecified atom stereocenters. The Morgan fingerprint density at radius 3 is 1.71 bits per heavy atom. The Balaban J connectivity index is 0. The summed E-state index contributed by atoms with van der Waals surface area (Å²) in [5, 5.41) is 0. The number of rotatable bonds is 8. The molecule has 0 aromatic carbocycles. The molecule has 0 aliphatic rings. The molecule has 0 nitrogen and oxygen atoms in total. The molecule has 0 bridgehead atoms. The van der Waals surface area contributed by atoms with Gasteiger partial charge in [-0.05, 0) is 6.42 Å². The summed E-state index contributed by atoms with van der Waals surface area (Å²) < 4.78 is 0.240. The van der Waals surface area contributed by atoms with E-state index < -0.39 is 0 Å². The topological polar surface area (TPSA) is 0 Å². The largest absolute Gasteiger partial charge is 0.173 e. The van der Waals surface area contributed by atoms with E-state index in [1.165, 1.54) is 51.4 Å². The monoisotopic (exact) mass is 309 g/mol. The van der Waals surface area contributed by atoms with Gasteiger partial charge in [0.05, 0.1) is 0 Å². The summed E-state index contributed by atoms with van der Waals surface area (Å²) in [6, 6.07) is 0. The zero-order chi connectivity index (χ0) is 10.2. The van der Waals surface area contributed by atoms with Gasteiger partial charge in [-0.3, -0.25) is 0 Å². The molecule has 0 fully saturated rings. The van der Waals surface area contributed by atoms with E-state index in [0.29, 0.717) is 0 Å². The molecule has 0 aromatic heterocycles. The molecule has 0 N–H and O–H groups in total. The van der Waals surface area contributed by atoms with Crippen LogP contribution in [0.15, 0.2) is 0 Å². The maximum absolute atomic E-state index is 4.51. The predicted octanol–water partition coefficient (Wildman–Crippen LogP) is 4.83. The summed E-state index contributed by atoms with van der Waals surface area (Å²) in [4.78, 5) is 0. The molecule has 2 heteroatoms. The van der Waals surface area contributed by atoms with Crippen molar-refractivity contribution in [2.75, 3.05) is 0 Å². The minimum atomic E-state index is 0. The standard InChI is InChI=1S/C12H26S.Ag/c1-4-5-6-7-8-9-10-11-12(2,3)13;/h13H,4-11H2,1-3H3;. The van der Waals surface area contributed by atoms with Crippen molar-refractivity contribution in [3.63, 3.8) is 0 Å². The predicted molar refractivity (Wildman–Crippen MR) is 65.7 cm³/mol. The first kappa shape index (κ1) is 17.5. The summed E-state index contributed by atoms with van der Waals surface area (Å²) in [7, 11) is 0. The van der Waals surface area contributed by atoms with E-state index in [9.17, 15) is 0 Å². The molecule has 0 aliphatic heterocycles. The number of unbranched alkanes of at least 4 members (excludes halogenated alkanes) is 6. The molecule has 91 valence electrons. The van der Waals surface area contributed by atoms with Gasteiger partial charge in [0.15, 0.2) is 0 Å². The van der Waals surface area contributed by atoms with Crippen molar-refractivity contribution in [2.45, 2.75) is 76.9 Å². The fourth-order valence-corrected chi connectivity index (χ4v) is 1.67. The van der Waals surface area contributed by atoms with Crippen LogP contribution in [0.5, 0.6) is 0 Å². The Morgan fingerprint density at radius 1 is 0.857 bits per heavy atom. The SMILES string of the molecule is CCCCCCCCCC(C)(C)S.[Ag]. The van der Waals surface area contributed by atoms with Crippen LogP contribution >= 0.6 is 12.6 Å². The Hall–Kier alpha value is 1.09. The summed E-state index contributed by atoms with van der Waals surface area (Å²) in [6.07, 6.45) is 11.0. The summed E-state index contributed by atoms with van der Waals surface area (Å²) in [5.41, 5.74) is 0. The summed E-state index contributed by atoms with van der Waals surface area (Å²) in [6.45, 7) is 6.67. The molecule has 0 atom stereocenters. The second-order valence-electron chi connectivity index (χ2n) is 4.68. The van der Waals surface area contributed by atoms with Crippen molar-refractivity contribution < 1.29 is 22.4 Å². The van der Waals surface area contributed by atoms with Crippen LogP contribution in [-0.2, 0) is 22.4 Å². The van der Waals surface area contributed by atoms with Gasteiger partial charge in [-0.25, -0.2) is 0 Å². The first-order valence-electron chi connectivity index (χ1n) is 5.78. The molecular weight excluding hydrogens is 284 g/mol. The average Bonchev–Trinajstić information content (AvgIpc) is 2.01. The van der Waals surface area contributed by atoms with Gasteiger partial charge in [-0.1, -0.05) is 65.7 Å². The maximum atomic E-state index is 4.51. The van der Waals surface area contributed by atoms with E-state index >= 15 is 0 Å². The molecule has 1 radical (unpaired) electrons. The van der Waals surface area contributed by atoms with Crippen LogP contribution in [0.3, 0.4) is 0 Å².